The Hall–Kier alpha value is -2.50. The highest BCUT2D eigenvalue weighted by Gasteiger charge is 2.14. The molecule has 0 amide bonds. The second-order valence-electron chi connectivity index (χ2n) is 5.52. The summed E-state index contributed by atoms with van der Waals surface area (Å²) in [5.41, 5.74) is 2.30. The van der Waals surface area contributed by atoms with Crippen molar-refractivity contribution in [3.8, 4) is 11.4 Å². The smallest absolute Gasteiger partial charge is 0.271 e. The predicted molar refractivity (Wildman–Crippen MR) is 80.1 cm³/mol. The van der Waals surface area contributed by atoms with E-state index in [1.54, 1.807) is 12.4 Å². The molecule has 0 saturated carbocycles. The van der Waals surface area contributed by atoms with Crippen LogP contribution in [0.3, 0.4) is 0 Å². The van der Waals surface area contributed by atoms with Crippen molar-refractivity contribution in [2.45, 2.75) is 27.2 Å². The summed E-state index contributed by atoms with van der Waals surface area (Å²) >= 11 is 0. The number of rotatable bonds is 3. The number of aryl methyl sites for hydroxylation is 1. The molecule has 0 aliphatic rings. The van der Waals surface area contributed by atoms with Gasteiger partial charge in [0.05, 0.1) is 5.69 Å². The average molecular weight is 283 g/mol. The topological polar surface area (TPSA) is 75.9 Å². The summed E-state index contributed by atoms with van der Waals surface area (Å²) in [6.07, 6.45) is 4.09. The molecule has 0 aliphatic carbocycles. The van der Waals surface area contributed by atoms with E-state index in [2.05, 4.69) is 33.9 Å². The molecule has 0 aliphatic heterocycles. The van der Waals surface area contributed by atoms with E-state index in [0.29, 0.717) is 23.9 Å². The number of aromatic nitrogens is 5. The zero-order chi connectivity index (χ0) is 15.0. The summed E-state index contributed by atoms with van der Waals surface area (Å²) in [7, 11) is 0. The van der Waals surface area contributed by atoms with E-state index in [9.17, 15) is 4.79 Å². The maximum Gasteiger partial charge on any atom is 0.277 e. The first-order valence-corrected chi connectivity index (χ1v) is 6.95. The molecule has 3 aromatic rings. The van der Waals surface area contributed by atoms with Crippen LogP contribution in [0.15, 0.2) is 29.3 Å². The van der Waals surface area contributed by atoms with Crippen LogP contribution in [0, 0.1) is 12.8 Å². The van der Waals surface area contributed by atoms with Crippen LogP contribution in [0.1, 0.15) is 25.1 Å². The minimum absolute atomic E-state index is 0.0704. The van der Waals surface area contributed by atoms with Gasteiger partial charge < -0.3 is 0 Å². The van der Waals surface area contributed by atoms with Crippen molar-refractivity contribution in [1.82, 2.24) is 24.6 Å². The van der Waals surface area contributed by atoms with Crippen LogP contribution in [0.4, 0.5) is 0 Å². The Morgan fingerprint density at radius 1 is 1.24 bits per heavy atom. The molecule has 3 rings (SSSR count). The number of hydrogen-bond acceptors (Lipinski definition) is 4. The molecule has 21 heavy (non-hydrogen) atoms. The van der Waals surface area contributed by atoms with Crippen LogP contribution in [-0.4, -0.2) is 24.6 Å². The van der Waals surface area contributed by atoms with E-state index in [-0.39, 0.29) is 5.56 Å². The third-order valence-corrected chi connectivity index (χ3v) is 3.36. The van der Waals surface area contributed by atoms with Crippen LogP contribution >= 0.6 is 0 Å². The fourth-order valence-corrected chi connectivity index (χ4v) is 2.34. The molecule has 6 heteroatoms. The summed E-state index contributed by atoms with van der Waals surface area (Å²) in [5, 5.41) is 3.02. The van der Waals surface area contributed by atoms with E-state index in [4.69, 9.17) is 0 Å². The standard InChI is InChI=1S/C15H17N5O/c1-9(2)8-12-10(3)17-15-18-13(19-20(15)14(12)21)11-4-6-16-7-5-11/h4-7,9H,8H2,1-3H3,(H,17,18,19). The molecule has 0 unspecified atom stereocenters. The van der Waals surface area contributed by atoms with Gasteiger partial charge in [-0.2, -0.15) is 9.50 Å². The van der Waals surface area contributed by atoms with Gasteiger partial charge in [0.25, 0.3) is 11.3 Å². The quantitative estimate of drug-likeness (QED) is 0.797. The molecule has 3 aromatic heterocycles. The van der Waals surface area contributed by atoms with E-state index in [0.717, 1.165) is 16.8 Å². The lowest BCUT2D eigenvalue weighted by Gasteiger charge is -2.06. The second-order valence-corrected chi connectivity index (χ2v) is 5.52. The predicted octanol–water partition coefficient (Wildman–Crippen LogP) is 1.99. The summed E-state index contributed by atoms with van der Waals surface area (Å²) in [4.78, 5) is 25.4. The Bertz CT molecular complexity index is 832. The zero-order valence-electron chi connectivity index (χ0n) is 12.3. The number of H-pyrrole nitrogens is 1. The van der Waals surface area contributed by atoms with E-state index in [1.807, 2.05) is 19.1 Å². The van der Waals surface area contributed by atoms with Crippen molar-refractivity contribution in [1.29, 1.82) is 0 Å². The highest BCUT2D eigenvalue weighted by molar-refractivity contribution is 5.55. The largest absolute Gasteiger partial charge is 0.277 e. The number of pyridine rings is 1. The lowest BCUT2D eigenvalue weighted by atomic mass is 10.0. The van der Waals surface area contributed by atoms with Crippen molar-refractivity contribution in [3.63, 3.8) is 0 Å². The van der Waals surface area contributed by atoms with Gasteiger partial charge >= 0.3 is 0 Å². The molecule has 0 atom stereocenters. The highest BCUT2D eigenvalue weighted by Crippen LogP contribution is 2.14. The van der Waals surface area contributed by atoms with Crippen LogP contribution in [0.25, 0.3) is 17.2 Å². The number of nitrogens with one attached hydrogen (secondary N) is 1. The third kappa shape index (κ3) is 2.44. The fraction of sp³-hybridized carbons (Fsp3) is 0.333. The van der Waals surface area contributed by atoms with Gasteiger partial charge in [-0.25, -0.2) is 4.98 Å². The lowest BCUT2D eigenvalue weighted by Crippen LogP contribution is -2.23. The normalized spacial score (nSPS) is 11.4. The Morgan fingerprint density at radius 2 is 1.95 bits per heavy atom. The van der Waals surface area contributed by atoms with Crippen molar-refractivity contribution in [3.05, 3.63) is 46.1 Å². The monoisotopic (exact) mass is 283 g/mol. The van der Waals surface area contributed by atoms with Gasteiger partial charge in [-0.15, -0.1) is 0 Å². The molecule has 0 aromatic carbocycles. The first kappa shape index (κ1) is 13.5. The number of nitrogens with zero attached hydrogens (tertiary/aromatic N) is 4. The first-order valence-electron chi connectivity index (χ1n) is 6.95. The molecule has 0 bridgehead atoms. The Morgan fingerprint density at radius 3 is 2.62 bits per heavy atom. The lowest BCUT2D eigenvalue weighted by molar-refractivity contribution is 0.632. The molecular formula is C15H17N5O. The first-order chi connectivity index (χ1) is 10.1. The maximum atomic E-state index is 12.6. The van der Waals surface area contributed by atoms with Crippen LogP contribution in [-0.2, 0) is 6.42 Å². The molecule has 0 spiro atoms. The van der Waals surface area contributed by atoms with Gasteiger partial charge in [-0.3, -0.25) is 14.9 Å². The van der Waals surface area contributed by atoms with Gasteiger partial charge in [0.15, 0.2) is 5.82 Å². The number of aromatic amines is 1. The molecule has 0 saturated heterocycles. The molecule has 0 fully saturated rings. The van der Waals surface area contributed by atoms with Crippen LogP contribution in [0.2, 0.25) is 0 Å². The van der Waals surface area contributed by atoms with Crippen LogP contribution < -0.4 is 5.56 Å². The summed E-state index contributed by atoms with van der Waals surface area (Å²) in [5.74, 6) is 1.42. The van der Waals surface area contributed by atoms with Gasteiger partial charge in [-0.1, -0.05) is 13.8 Å². The maximum absolute atomic E-state index is 12.6. The van der Waals surface area contributed by atoms with Gasteiger partial charge in [0, 0.05) is 23.5 Å². The molecule has 0 radical (unpaired) electrons. The Labute approximate surface area is 121 Å². The van der Waals surface area contributed by atoms with E-state index in [1.165, 1.54) is 4.52 Å². The zero-order valence-corrected chi connectivity index (χ0v) is 12.3. The summed E-state index contributed by atoms with van der Waals surface area (Å²) in [6.45, 7) is 6.03. The minimum atomic E-state index is -0.0704. The fourth-order valence-electron chi connectivity index (χ4n) is 2.34. The third-order valence-electron chi connectivity index (χ3n) is 3.36. The Kier molecular flexibility index (Phi) is 3.29. The van der Waals surface area contributed by atoms with Gasteiger partial charge in [0.2, 0.25) is 0 Å². The van der Waals surface area contributed by atoms with E-state index < -0.39 is 0 Å². The molecule has 6 nitrogen and oxygen atoms in total. The van der Waals surface area contributed by atoms with Gasteiger partial charge in [-0.05, 0) is 31.4 Å². The SMILES string of the molecule is Cc1nc2nc(-c3ccncc3)[nH]n2c(=O)c1CC(C)C. The second kappa shape index (κ2) is 5.12. The molecule has 108 valence electrons. The minimum Gasteiger partial charge on any atom is -0.271 e. The number of fused-ring (bicyclic) bond motifs is 1. The highest BCUT2D eigenvalue weighted by atomic mass is 16.1. The van der Waals surface area contributed by atoms with Crippen LogP contribution in [0.5, 0.6) is 0 Å². The number of hydrogen-bond donors (Lipinski definition) is 1. The average Bonchev–Trinajstić information content (AvgIpc) is 2.88. The summed E-state index contributed by atoms with van der Waals surface area (Å²) in [6, 6.07) is 3.68. The van der Waals surface area contributed by atoms with Crippen molar-refractivity contribution in [2.24, 2.45) is 5.92 Å². The van der Waals surface area contributed by atoms with E-state index >= 15 is 0 Å². The van der Waals surface area contributed by atoms with Crippen molar-refractivity contribution >= 4 is 5.78 Å². The summed E-state index contributed by atoms with van der Waals surface area (Å²) < 4.78 is 1.42. The molecular weight excluding hydrogens is 266 g/mol. The van der Waals surface area contributed by atoms with Crippen molar-refractivity contribution < 1.29 is 0 Å². The van der Waals surface area contributed by atoms with Gasteiger partial charge in [0.1, 0.15) is 0 Å². The Balaban J connectivity index is 2.19. The van der Waals surface area contributed by atoms with Crippen molar-refractivity contribution in [2.75, 3.05) is 0 Å². The molecule has 3 heterocycles. The molecule has 1 N–H and O–H groups in total.